The Bertz CT molecular complexity index is 731. The van der Waals surface area contributed by atoms with Crippen LogP contribution in [0, 0.1) is 0 Å². The maximum absolute atomic E-state index is 12.1. The summed E-state index contributed by atoms with van der Waals surface area (Å²) >= 11 is 2.80. The van der Waals surface area contributed by atoms with Gasteiger partial charge in [-0.3, -0.25) is 9.59 Å². The summed E-state index contributed by atoms with van der Waals surface area (Å²) in [7, 11) is 3.40. The number of nitrogens with one attached hydrogen (secondary N) is 2. The van der Waals surface area contributed by atoms with Gasteiger partial charge in [0.15, 0.2) is 4.34 Å². The van der Waals surface area contributed by atoms with Crippen molar-refractivity contribution in [3.05, 3.63) is 29.8 Å². The van der Waals surface area contributed by atoms with E-state index in [-0.39, 0.29) is 17.6 Å². The average Bonchev–Trinajstić information content (AvgIpc) is 3.08. The molecule has 140 valence electrons. The topological polar surface area (TPSA) is 87.2 Å². The summed E-state index contributed by atoms with van der Waals surface area (Å²) < 4.78 is 0.756. The van der Waals surface area contributed by atoms with Crippen LogP contribution in [0.3, 0.4) is 0 Å². The van der Waals surface area contributed by atoms with E-state index in [9.17, 15) is 9.59 Å². The first-order chi connectivity index (χ1) is 12.5. The standard InChI is InChI=1S/C17H23N5O2S2/c1-4-5-10-18-16-20-21-17(26-16)25-11-14(23)19-13-8-6-12(7-9-13)15(24)22(2)3/h6-9H,4-5,10-11H2,1-3H3,(H,18,20)(H,19,23). The van der Waals surface area contributed by atoms with Crippen molar-refractivity contribution in [3.8, 4) is 0 Å². The molecule has 0 saturated heterocycles. The van der Waals surface area contributed by atoms with Crippen LogP contribution in [0.1, 0.15) is 30.1 Å². The van der Waals surface area contributed by atoms with Gasteiger partial charge < -0.3 is 15.5 Å². The minimum absolute atomic E-state index is 0.0712. The quantitative estimate of drug-likeness (QED) is 0.503. The van der Waals surface area contributed by atoms with Crippen LogP contribution in [0.2, 0.25) is 0 Å². The number of carbonyl (C=O) groups excluding carboxylic acids is 2. The van der Waals surface area contributed by atoms with Gasteiger partial charge in [0.05, 0.1) is 5.75 Å². The first kappa shape index (κ1) is 20.2. The lowest BCUT2D eigenvalue weighted by molar-refractivity contribution is -0.113. The minimum Gasteiger partial charge on any atom is -0.360 e. The van der Waals surface area contributed by atoms with E-state index in [1.54, 1.807) is 38.4 Å². The number of thioether (sulfide) groups is 1. The summed E-state index contributed by atoms with van der Waals surface area (Å²) in [4.78, 5) is 25.4. The fraction of sp³-hybridized carbons (Fsp3) is 0.412. The lowest BCUT2D eigenvalue weighted by Gasteiger charge is -2.10. The molecule has 0 bridgehead atoms. The molecule has 0 unspecified atom stereocenters. The third kappa shape index (κ3) is 6.30. The van der Waals surface area contributed by atoms with Gasteiger partial charge in [0, 0.05) is 31.9 Å². The average molecular weight is 394 g/mol. The van der Waals surface area contributed by atoms with Crippen molar-refractivity contribution >= 4 is 45.7 Å². The molecule has 2 amide bonds. The Morgan fingerprint density at radius 1 is 1.19 bits per heavy atom. The van der Waals surface area contributed by atoms with E-state index in [0.717, 1.165) is 28.9 Å². The smallest absolute Gasteiger partial charge is 0.253 e. The molecule has 0 radical (unpaired) electrons. The summed E-state index contributed by atoms with van der Waals surface area (Å²) in [6.45, 7) is 3.01. The molecule has 1 aromatic carbocycles. The Labute approximate surface area is 161 Å². The number of carbonyl (C=O) groups is 2. The number of nitrogens with zero attached hydrogens (tertiary/aromatic N) is 3. The van der Waals surface area contributed by atoms with Gasteiger partial charge >= 0.3 is 0 Å². The molecule has 2 N–H and O–H groups in total. The van der Waals surface area contributed by atoms with Crippen molar-refractivity contribution in [1.82, 2.24) is 15.1 Å². The highest BCUT2D eigenvalue weighted by Crippen LogP contribution is 2.25. The second kappa shape index (κ2) is 10.1. The zero-order chi connectivity index (χ0) is 18.9. The summed E-state index contributed by atoms with van der Waals surface area (Å²) in [5.41, 5.74) is 1.24. The summed E-state index contributed by atoms with van der Waals surface area (Å²) in [5, 5.41) is 14.9. The van der Waals surface area contributed by atoms with E-state index in [1.807, 2.05) is 0 Å². The third-order valence-corrected chi connectivity index (χ3v) is 5.38. The van der Waals surface area contributed by atoms with Crippen LogP contribution in [0.15, 0.2) is 28.6 Å². The molecule has 1 aromatic heterocycles. The molecule has 0 aliphatic carbocycles. The Kier molecular flexibility index (Phi) is 7.86. The van der Waals surface area contributed by atoms with E-state index in [1.165, 1.54) is 28.0 Å². The van der Waals surface area contributed by atoms with Gasteiger partial charge in [0.2, 0.25) is 11.0 Å². The van der Waals surface area contributed by atoms with Crippen molar-refractivity contribution in [3.63, 3.8) is 0 Å². The predicted octanol–water partition coefficient (Wildman–Crippen LogP) is 3.18. The van der Waals surface area contributed by atoms with Gasteiger partial charge in [-0.1, -0.05) is 36.4 Å². The maximum Gasteiger partial charge on any atom is 0.253 e. The van der Waals surface area contributed by atoms with Crippen LogP contribution >= 0.6 is 23.1 Å². The molecular formula is C17H23N5O2S2. The number of hydrogen-bond acceptors (Lipinski definition) is 7. The number of benzene rings is 1. The molecule has 0 spiro atoms. The van der Waals surface area contributed by atoms with Crippen molar-refractivity contribution in [2.24, 2.45) is 0 Å². The van der Waals surface area contributed by atoms with E-state index >= 15 is 0 Å². The fourth-order valence-corrected chi connectivity index (χ4v) is 3.57. The second-order valence-corrected chi connectivity index (χ2v) is 7.97. The lowest BCUT2D eigenvalue weighted by atomic mass is 10.2. The van der Waals surface area contributed by atoms with Gasteiger partial charge in [-0.05, 0) is 30.7 Å². The first-order valence-electron chi connectivity index (χ1n) is 8.31. The van der Waals surface area contributed by atoms with Crippen LogP contribution in [0.4, 0.5) is 10.8 Å². The zero-order valence-electron chi connectivity index (χ0n) is 15.1. The van der Waals surface area contributed by atoms with E-state index < -0.39 is 0 Å². The molecule has 2 rings (SSSR count). The molecule has 0 aliphatic rings. The number of anilines is 2. The van der Waals surface area contributed by atoms with Crippen LogP contribution in [-0.4, -0.2) is 53.3 Å². The molecule has 1 heterocycles. The largest absolute Gasteiger partial charge is 0.360 e. The van der Waals surface area contributed by atoms with Crippen LogP contribution in [0.5, 0.6) is 0 Å². The van der Waals surface area contributed by atoms with Gasteiger partial charge in [-0.25, -0.2) is 0 Å². The van der Waals surface area contributed by atoms with Crippen LogP contribution in [0.25, 0.3) is 0 Å². The number of hydrogen-bond donors (Lipinski definition) is 2. The van der Waals surface area contributed by atoms with Crippen LogP contribution < -0.4 is 10.6 Å². The minimum atomic E-state index is -0.127. The number of unbranched alkanes of at least 4 members (excludes halogenated alkanes) is 1. The number of amides is 2. The number of rotatable bonds is 9. The van der Waals surface area contributed by atoms with Gasteiger partial charge in [0.25, 0.3) is 5.91 Å². The molecule has 0 fully saturated rings. The van der Waals surface area contributed by atoms with Gasteiger partial charge in [-0.2, -0.15) is 0 Å². The third-order valence-electron chi connectivity index (χ3n) is 3.36. The molecule has 7 nitrogen and oxygen atoms in total. The summed E-state index contributed by atoms with van der Waals surface area (Å²) in [5.74, 6) is 0.0533. The van der Waals surface area contributed by atoms with Gasteiger partial charge in [0.1, 0.15) is 0 Å². The number of aromatic nitrogens is 2. The summed E-state index contributed by atoms with van der Waals surface area (Å²) in [6, 6.07) is 6.84. The van der Waals surface area contributed by atoms with E-state index in [0.29, 0.717) is 11.3 Å². The maximum atomic E-state index is 12.1. The Hall–Kier alpha value is -2.13. The van der Waals surface area contributed by atoms with Gasteiger partial charge in [-0.15, -0.1) is 10.2 Å². The van der Waals surface area contributed by atoms with Crippen molar-refractivity contribution in [2.75, 3.05) is 37.0 Å². The van der Waals surface area contributed by atoms with Crippen molar-refractivity contribution in [2.45, 2.75) is 24.1 Å². The molecule has 0 atom stereocenters. The highest BCUT2D eigenvalue weighted by molar-refractivity contribution is 8.01. The first-order valence-corrected chi connectivity index (χ1v) is 10.1. The second-order valence-electron chi connectivity index (χ2n) is 5.77. The van der Waals surface area contributed by atoms with Crippen molar-refractivity contribution in [1.29, 1.82) is 0 Å². The molecule has 2 aromatic rings. The molecule has 0 saturated carbocycles. The fourth-order valence-electron chi connectivity index (χ4n) is 1.99. The Morgan fingerprint density at radius 2 is 1.92 bits per heavy atom. The van der Waals surface area contributed by atoms with E-state index in [2.05, 4.69) is 27.8 Å². The normalized spacial score (nSPS) is 10.4. The molecule has 26 heavy (non-hydrogen) atoms. The van der Waals surface area contributed by atoms with E-state index in [4.69, 9.17) is 0 Å². The van der Waals surface area contributed by atoms with Crippen LogP contribution in [-0.2, 0) is 4.79 Å². The molecule has 0 aliphatic heterocycles. The Morgan fingerprint density at radius 3 is 2.58 bits per heavy atom. The Balaban J connectivity index is 1.79. The molecule has 9 heteroatoms. The lowest BCUT2D eigenvalue weighted by Crippen LogP contribution is -2.21. The predicted molar refractivity (Wildman–Crippen MR) is 107 cm³/mol. The summed E-state index contributed by atoms with van der Waals surface area (Å²) in [6.07, 6.45) is 2.21. The monoisotopic (exact) mass is 393 g/mol. The highest BCUT2D eigenvalue weighted by Gasteiger charge is 2.10. The molecular weight excluding hydrogens is 370 g/mol. The highest BCUT2D eigenvalue weighted by atomic mass is 32.2. The van der Waals surface area contributed by atoms with Crippen molar-refractivity contribution < 1.29 is 9.59 Å². The zero-order valence-corrected chi connectivity index (χ0v) is 16.7. The SMILES string of the molecule is CCCCNc1nnc(SCC(=O)Nc2ccc(C(=O)N(C)C)cc2)s1.